The second kappa shape index (κ2) is 7.29. The maximum atomic E-state index is 14.5. The summed E-state index contributed by atoms with van der Waals surface area (Å²) in [6.07, 6.45) is 6.29. The first-order valence-electron chi connectivity index (χ1n) is 9.72. The lowest BCUT2D eigenvalue weighted by molar-refractivity contribution is -0.0769. The number of nitrogen functional groups attached to an aromatic ring is 1. The van der Waals surface area contributed by atoms with Gasteiger partial charge in [-0.3, -0.25) is 0 Å². The molecule has 2 aromatic carbocycles. The van der Waals surface area contributed by atoms with Crippen molar-refractivity contribution in [2.24, 2.45) is 5.92 Å². The van der Waals surface area contributed by atoms with Crippen LogP contribution >= 0.6 is 0 Å². The quantitative estimate of drug-likeness (QED) is 0.598. The van der Waals surface area contributed by atoms with E-state index < -0.39 is 11.8 Å². The second-order valence-electron chi connectivity index (χ2n) is 7.65. The largest absolute Gasteiger partial charge is 0.338 e. The van der Waals surface area contributed by atoms with Crippen LogP contribution in [-0.2, 0) is 6.42 Å². The number of benzene rings is 2. The van der Waals surface area contributed by atoms with Gasteiger partial charge in [-0.25, -0.2) is 18.4 Å². The van der Waals surface area contributed by atoms with E-state index in [1.54, 1.807) is 6.33 Å². The van der Waals surface area contributed by atoms with Gasteiger partial charge < -0.3 is 5.84 Å². The average Bonchev–Trinajstić information content (AvgIpc) is 3.08. The lowest BCUT2D eigenvalue weighted by Gasteiger charge is -2.30. The van der Waals surface area contributed by atoms with Gasteiger partial charge in [-0.05, 0) is 48.1 Å². The topological polar surface area (TPSA) is 43.8 Å². The predicted molar refractivity (Wildman–Crippen MR) is 105 cm³/mol. The van der Waals surface area contributed by atoms with Gasteiger partial charge >= 0.3 is 0 Å². The SMILES string of the molecule is Nn1cnc2cc(-c3ccc(CCC(F)(F)C4CCCCC4)cc3)ccc21. The third kappa shape index (κ3) is 3.82. The molecule has 142 valence electrons. The standard InChI is InChI=1S/C22H25F2N3/c23-22(24,19-4-2-1-3-5-19)13-12-16-6-8-17(9-7-16)18-10-11-21-20(14-18)26-15-27(21)25/h6-11,14-15,19H,1-5,12-13,25H2. The summed E-state index contributed by atoms with van der Waals surface area (Å²) in [7, 11) is 0. The molecule has 2 N–H and O–H groups in total. The van der Waals surface area contributed by atoms with E-state index >= 15 is 0 Å². The van der Waals surface area contributed by atoms with Gasteiger partial charge in [0, 0.05) is 12.3 Å². The van der Waals surface area contributed by atoms with Gasteiger partial charge in [-0.1, -0.05) is 49.6 Å². The van der Waals surface area contributed by atoms with Gasteiger partial charge in [-0.15, -0.1) is 0 Å². The maximum absolute atomic E-state index is 14.5. The van der Waals surface area contributed by atoms with Gasteiger partial charge in [0.05, 0.1) is 11.0 Å². The maximum Gasteiger partial charge on any atom is 0.251 e. The molecule has 1 heterocycles. The fourth-order valence-corrected chi connectivity index (χ4v) is 4.12. The minimum atomic E-state index is -2.55. The van der Waals surface area contributed by atoms with E-state index in [2.05, 4.69) is 4.98 Å². The highest BCUT2D eigenvalue weighted by Gasteiger charge is 2.39. The number of imidazole rings is 1. The smallest absolute Gasteiger partial charge is 0.251 e. The zero-order valence-electron chi connectivity index (χ0n) is 15.4. The van der Waals surface area contributed by atoms with Crippen LogP contribution < -0.4 is 5.84 Å². The van der Waals surface area contributed by atoms with E-state index in [1.165, 1.54) is 4.68 Å². The number of hydrogen-bond acceptors (Lipinski definition) is 2. The molecule has 1 aromatic heterocycles. The second-order valence-corrected chi connectivity index (χ2v) is 7.65. The Morgan fingerprint density at radius 1 is 1.00 bits per heavy atom. The highest BCUT2D eigenvalue weighted by molar-refractivity contribution is 5.82. The first-order chi connectivity index (χ1) is 13.0. The van der Waals surface area contributed by atoms with E-state index in [-0.39, 0.29) is 6.42 Å². The molecule has 1 aliphatic carbocycles. The summed E-state index contributed by atoms with van der Waals surface area (Å²) in [6.45, 7) is 0. The summed E-state index contributed by atoms with van der Waals surface area (Å²) in [5.41, 5.74) is 4.76. The highest BCUT2D eigenvalue weighted by atomic mass is 19.3. The van der Waals surface area contributed by atoms with Crippen LogP contribution in [0, 0.1) is 5.92 Å². The molecule has 3 nitrogen and oxygen atoms in total. The summed E-state index contributed by atoms with van der Waals surface area (Å²) in [5.74, 6) is 2.82. The Kier molecular flexibility index (Phi) is 4.85. The van der Waals surface area contributed by atoms with Gasteiger partial charge in [0.25, 0.3) is 5.92 Å². The summed E-state index contributed by atoms with van der Waals surface area (Å²) in [5, 5.41) is 0. The van der Waals surface area contributed by atoms with Crippen LogP contribution in [-0.4, -0.2) is 15.6 Å². The van der Waals surface area contributed by atoms with E-state index in [4.69, 9.17) is 5.84 Å². The number of rotatable bonds is 5. The molecule has 1 aliphatic rings. The number of fused-ring (bicyclic) bond motifs is 1. The van der Waals surface area contributed by atoms with Crippen LogP contribution in [0.2, 0.25) is 0 Å². The molecule has 0 radical (unpaired) electrons. The fourth-order valence-electron chi connectivity index (χ4n) is 4.12. The molecular formula is C22H25F2N3. The van der Waals surface area contributed by atoms with Crippen molar-refractivity contribution < 1.29 is 8.78 Å². The third-order valence-corrected chi connectivity index (χ3v) is 5.81. The minimum Gasteiger partial charge on any atom is -0.338 e. The van der Waals surface area contributed by atoms with Gasteiger partial charge in [0.1, 0.15) is 6.33 Å². The van der Waals surface area contributed by atoms with Crippen molar-refractivity contribution >= 4 is 11.0 Å². The van der Waals surface area contributed by atoms with E-state index in [0.717, 1.165) is 47.0 Å². The Morgan fingerprint density at radius 2 is 1.70 bits per heavy atom. The lowest BCUT2D eigenvalue weighted by atomic mass is 9.82. The summed E-state index contributed by atoms with van der Waals surface area (Å²) in [4.78, 5) is 4.28. The van der Waals surface area contributed by atoms with Crippen LogP contribution in [0.4, 0.5) is 8.78 Å². The molecule has 4 rings (SSSR count). The molecule has 1 saturated carbocycles. The van der Waals surface area contributed by atoms with Crippen LogP contribution in [0.15, 0.2) is 48.8 Å². The lowest BCUT2D eigenvalue weighted by Crippen LogP contribution is -2.30. The van der Waals surface area contributed by atoms with Crippen molar-refractivity contribution in [3.05, 3.63) is 54.4 Å². The summed E-state index contributed by atoms with van der Waals surface area (Å²) in [6, 6.07) is 13.8. The first-order valence-corrected chi connectivity index (χ1v) is 9.72. The number of nitrogens with zero attached hydrogens (tertiary/aromatic N) is 2. The van der Waals surface area contributed by atoms with Crippen LogP contribution in [0.25, 0.3) is 22.2 Å². The molecule has 27 heavy (non-hydrogen) atoms. The molecule has 5 heteroatoms. The fraction of sp³-hybridized carbons (Fsp3) is 0.409. The van der Waals surface area contributed by atoms with Crippen molar-refractivity contribution in [2.45, 2.75) is 50.9 Å². The number of aryl methyl sites for hydroxylation is 1. The van der Waals surface area contributed by atoms with Gasteiger partial charge in [0.2, 0.25) is 0 Å². The number of nitrogens with two attached hydrogens (primary N) is 1. The Labute approximate surface area is 158 Å². The summed E-state index contributed by atoms with van der Waals surface area (Å²) >= 11 is 0. The molecule has 0 unspecified atom stereocenters. The van der Waals surface area contributed by atoms with E-state index in [1.807, 2.05) is 42.5 Å². The van der Waals surface area contributed by atoms with Crippen molar-refractivity contribution in [3.63, 3.8) is 0 Å². The molecule has 0 bridgehead atoms. The van der Waals surface area contributed by atoms with Gasteiger partial charge in [-0.2, -0.15) is 0 Å². The molecule has 0 atom stereocenters. The zero-order valence-corrected chi connectivity index (χ0v) is 15.4. The first kappa shape index (κ1) is 18.0. The Bertz CT molecular complexity index is 909. The molecule has 0 spiro atoms. The third-order valence-electron chi connectivity index (χ3n) is 5.81. The number of alkyl halides is 2. The molecule has 1 fully saturated rings. The Balaban J connectivity index is 1.43. The van der Waals surface area contributed by atoms with E-state index in [9.17, 15) is 8.78 Å². The normalized spacial score (nSPS) is 16.1. The Hall–Kier alpha value is -2.43. The van der Waals surface area contributed by atoms with Crippen molar-refractivity contribution in [3.8, 4) is 11.1 Å². The number of aromatic nitrogens is 2. The molecular weight excluding hydrogens is 344 g/mol. The molecule has 0 saturated heterocycles. The Morgan fingerprint density at radius 3 is 2.44 bits per heavy atom. The van der Waals surface area contributed by atoms with Gasteiger partial charge in [0.15, 0.2) is 0 Å². The van der Waals surface area contributed by atoms with Crippen LogP contribution in [0.3, 0.4) is 0 Å². The van der Waals surface area contributed by atoms with Crippen molar-refractivity contribution in [2.75, 3.05) is 5.84 Å². The average molecular weight is 369 g/mol. The number of halogens is 2. The number of hydrogen-bond donors (Lipinski definition) is 1. The molecule has 0 amide bonds. The molecule has 3 aromatic rings. The van der Waals surface area contributed by atoms with Crippen molar-refractivity contribution in [1.82, 2.24) is 9.66 Å². The predicted octanol–water partition coefficient (Wildman–Crippen LogP) is 5.57. The highest BCUT2D eigenvalue weighted by Crippen LogP contribution is 2.39. The van der Waals surface area contributed by atoms with Crippen molar-refractivity contribution in [1.29, 1.82) is 0 Å². The van der Waals surface area contributed by atoms with Crippen LogP contribution in [0.5, 0.6) is 0 Å². The summed E-state index contributed by atoms with van der Waals surface area (Å²) < 4.78 is 30.4. The van der Waals surface area contributed by atoms with Crippen LogP contribution in [0.1, 0.15) is 44.1 Å². The van der Waals surface area contributed by atoms with E-state index in [0.29, 0.717) is 19.3 Å². The minimum absolute atomic E-state index is 0.0586. The molecule has 0 aliphatic heterocycles. The zero-order chi connectivity index (χ0) is 18.9. The monoisotopic (exact) mass is 369 g/mol.